The highest BCUT2D eigenvalue weighted by atomic mass is 35.5. The number of carbonyl (C=O) groups is 1. The first-order chi connectivity index (χ1) is 15.6. The largest absolute Gasteiger partial charge is 0.369 e. The molecule has 1 aromatic carbocycles. The summed E-state index contributed by atoms with van der Waals surface area (Å²) in [7, 11) is 0. The smallest absolute Gasteiger partial charge is 0.229 e. The maximum Gasteiger partial charge on any atom is 0.229 e. The number of halogens is 1. The number of nitrogens with zero attached hydrogens (tertiary/aromatic N) is 3. The average molecular weight is 457 g/mol. The third-order valence-corrected chi connectivity index (χ3v) is 6.65. The third kappa shape index (κ3) is 5.90. The Morgan fingerprint density at radius 3 is 2.88 bits per heavy atom. The van der Waals surface area contributed by atoms with Gasteiger partial charge < -0.3 is 20.9 Å². The summed E-state index contributed by atoms with van der Waals surface area (Å²) in [6.07, 6.45) is 7.64. The summed E-state index contributed by atoms with van der Waals surface area (Å²) >= 11 is 6.30. The second-order valence-electron chi connectivity index (χ2n) is 8.73. The summed E-state index contributed by atoms with van der Waals surface area (Å²) in [5, 5.41) is 10.5. The summed E-state index contributed by atoms with van der Waals surface area (Å²) in [6.45, 7) is 6.63. The predicted octanol–water partition coefficient (Wildman–Crippen LogP) is 4.46. The van der Waals surface area contributed by atoms with Gasteiger partial charge in [-0.2, -0.15) is 4.98 Å². The Bertz CT molecular complexity index is 931. The second-order valence-corrected chi connectivity index (χ2v) is 9.14. The molecule has 4 rings (SSSR count). The van der Waals surface area contributed by atoms with Gasteiger partial charge in [-0.15, -0.1) is 0 Å². The number of benzene rings is 1. The Morgan fingerprint density at radius 2 is 2.09 bits per heavy atom. The van der Waals surface area contributed by atoms with Gasteiger partial charge in [0.05, 0.1) is 6.20 Å². The van der Waals surface area contributed by atoms with Gasteiger partial charge >= 0.3 is 0 Å². The summed E-state index contributed by atoms with van der Waals surface area (Å²) in [5.74, 6) is 2.02. The highest BCUT2D eigenvalue weighted by molar-refractivity contribution is 6.32. The van der Waals surface area contributed by atoms with E-state index in [2.05, 4.69) is 51.0 Å². The number of nitrogens with one attached hydrogen (secondary N) is 3. The van der Waals surface area contributed by atoms with E-state index in [1.54, 1.807) is 6.20 Å². The maximum absolute atomic E-state index is 11.9. The van der Waals surface area contributed by atoms with Crippen molar-refractivity contribution in [2.75, 3.05) is 43.4 Å². The zero-order valence-electron chi connectivity index (χ0n) is 18.8. The molecule has 0 spiro atoms. The number of aryl methyl sites for hydroxylation is 1. The Kier molecular flexibility index (Phi) is 7.81. The molecule has 172 valence electrons. The lowest BCUT2D eigenvalue weighted by atomic mass is 9.89. The van der Waals surface area contributed by atoms with Crippen molar-refractivity contribution < 1.29 is 4.79 Å². The SMILES string of the molecule is Cc1cc(C2CCNCC2)ccc1Nc1ncc(Cl)c(NCCCN2CCCCC2=O)n1. The van der Waals surface area contributed by atoms with E-state index >= 15 is 0 Å². The minimum absolute atomic E-state index is 0.268. The summed E-state index contributed by atoms with van der Waals surface area (Å²) < 4.78 is 0. The second kappa shape index (κ2) is 11.0. The van der Waals surface area contributed by atoms with Crippen molar-refractivity contribution in [2.24, 2.45) is 0 Å². The van der Waals surface area contributed by atoms with Crippen LogP contribution in [-0.4, -0.2) is 53.5 Å². The van der Waals surface area contributed by atoms with E-state index in [1.165, 1.54) is 24.0 Å². The monoisotopic (exact) mass is 456 g/mol. The van der Waals surface area contributed by atoms with Gasteiger partial charge in [-0.25, -0.2) is 4.98 Å². The predicted molar refractivity (Wildman–Crippen MR) is 130 cm³/mol. The van der Waals surface area contributed by atoms with Crippen LogP contribution in [0.4, 0.5) is 17.5 Å². The van der Waals surface area contributed by atoms with E-state index in [1.807, 2.05) is 4.90 Å². The Labute approximate surface area is 195 Å². The molecule has 2 saturated heterocycles. The Hall–Kier alpha value is -2.38. The number of aromatic nitrogens is 2. The number of hydrogen-bond acceptors (Lipinski definition) is 6. The van der Waals surface area contributed by atoms with Gasteiger partial charge in [0.15, 0.2) is 0 Å². The molecule has 0 aliphatic carbocycles. The third-order valence-electron chi connectivity index (χ3n) is 6.37. The number of hydrogen-bond donors (Lipinski definition) is 3. The highest BCUT2D eigenvalue weighted by Crippen LogP contribution is 2.29. The van der Waals surface area contributed by atoms with Crippen molar-refractivity contribution in [3.63, 3.8) is 0 Å². The van der Waals surface area contributed by atoms with Gasteiger partial charge in [0, 0.05) is 31.7 Å². The molecule has 3 heterocycles. The molecule has 0 atom stereocenters. The summed E-state index contributed by atoms with van der Waals surface area (Å²) in [5.41, 5.74) is 3.58. The molecule has 0 bridgehead atoms. The number of carbonyl (C=O) groups excluding carboxylic acids is 1. The molecule has 0 radical (unpaired) electrons. The van der Waals surface area contributed by atoms with Gasteiger partial charge in [-0.1, -0.05) is 23.7 Å². The molecule has 1 aromatic heterocycles. The topological polar surface area (TPSA) is 82.2 Å². The van der Waals surface area contributed by atoms with Crippen LogP contribution in [-0.2, 0) is 4.79 Å². The number of rotatable bonds is 8. The number of piperidine rings is 2. The lowest BCUT2D eigenvalue weighted by Gasteiger charge is -2.26. The molecule has 2 aromatic rings. The van der Waals surface area contributed by atoms with Crippen molar-refractivity contribution in [1.29, 1.82) is 0 Å². The van der Waals surface area contributed by atoms with Crippen LogP contribution < -0.4 is 16.0 Å². The number of likely N-dealkylation sites (tertiary alicyclic amines) is 1. The molecule has 2 aliphatic rings. The van der Waals surface area contributed by atoms with Crippen LogP contribution in [0.3, 0.4) is 0 Å². The highest BCUT2D eigenvalue weighted by Gasteiger charge is 2.18. The summed E-state index contributed by atoms with van der Waals surface area (Å²) in [6, 6.07) is 6.60. The van der Waals surface area contributed by atoms with E-state index in [0.29, 0.717) is 35.7 Å². The van der Waals surface area contributed by atoms with Crippen LogP contribution >= 0.6 is 11.6 Å². The van der Waals surface area contributed by atoms with Crippen molar-refractivity contribution in [3.05, 3.63) is 40.5 Å². The Morgan fingerprint density at radius 1 is 1.25 bits per heavy atom. The number of anilines is 3. The molecule has 2 aliphatic heterocycles. The van der Waals surface area contributed by atoms with Crippen LogP contribution in [0, 0.1) is 6.92 Å². The van der Waals surface area contributed by atoms with Crippen LogP contribution in [0.1, 0.15) is 55.6 Å². The van der Waals surface area contributed by atoms with E-state index in [-0.39, 0.29) is 5.91 Å². The fraction of sp³-hybridized carbons (Fsp3) is 0.542. The molecule has 0 saturated carbocycles. The van der Waals surface area contributed by atoms with E-state index in [9.17, 15) is 4.79 Å². The average Bonchev–Trinajstić information content (AvgIpc) is 2.81. The van der Waals surface area contributed by atoms with Gasteiger partial charge in [-0.3, -0.25) is 4.79 Å². The molecule has 3 N–H and O–H groups in total. The van der Waals surface area contributed by atoms with Crippen molar-refractivity contribution in [1.82, 2.24) is 20.2 Å². The first-order valence-corrected chi connectivity index (χ1v) is 12.1. The first kappa shape index (κ1) is 22.8. The fourth-order valence-corrected chi connectivity index (χ4v) is 4.64. The van der Waals surface area contributed by atoms with Crippen LogP contribution in [0.5, 0.6) is 0 Å². The molecule has 0 unspecified atom stereocenters. The Balaban J connectivity index is 1.33. The van der Waals surface area contributed by atoms with E-state index < -0.39 is 0 Å². The zero-order chi connectivity index (χ0) is 22.3. The van der Waals surface area contributed by atoms with Crippen LogP contribution in [0.2, 0.25) is 5.02 Å². The summed E-state index contributed by atoms with van der Waals surface area (Å²) in [4.78, 5) is 22.8. The zero-order valence-corrected chi connectivity index (χ0v) is 19.5. The molecular formula is C24H33ClN6O. The van der Waals surface area contributed by atoms with Crippen LogP contribution in [0.15, 0.2) is 24.4 Å². The van der Waals surface area contributed by atoms with Gasteiger partial charge in [-0.05, 0) is 75.2 Å². The lowest BCUT2D eigenvalue weighted by molar-refractivity contribution is -0.133. The molecule has 2 fully saturated rings. The van der Waals surface area contributed by atoms with Crippen molar-refractivity contribution in [2.45, 2.75) is 51.4 Å². The molecule has 7 nitrogen and oxygen atoms in total. The quantitative estimate of drug-likeness (QED) is 0.508. The molecule has 32 heavy (non-hydrogen) atoms. The number of amides is 1. The lowest BCUT2D eigenvalue weighted by Crippen LogP contribution is -2.36. The van der Waals surface area contributed by atoms with Crippen LogP contribution in [0.25, 0.3) is 0 Å². The minimum Gasteiger partial charge on any atom is -0.369 e. The van der Waals surface area contributed by atoms with Gasteiger partial charge in [0.2, 0.25) is 11.9 Å². The molecular weight excluding hydrogens is 424 g/mol. The minimum atomic E-state index is 0.268. The normalized spacial score (nSPS) is 17.4. The first-order valence-electron chi connectivity index (χ1n) is 11.7. The standard InChI is InChI=1S/C24H33ClN6O/c1-17-15-19(18-8-11-26-12-9-18)6-7-21(17)29-24-28-16-20(25)23(30-24)27-10-4-14-31-13-3-2-5-22(31)32/h6-7,15-16,18,26H,2-5,8-14H2,1H3,(H2,27,28,29,30). The van der Waals surface area contributed by atoms with E-state index in [0.717, 1.165) is 51.1 Å². The fourth-order valence-electron chi connectivity index (χ4n) is 4.48. The van der Waals surface area contributed by atoms with Gasteiger partial charge in [0.25, 0.3) is 0 Å². The van der Waals surface area contributed by atoms with Crippen molar-refractivity contribution in [3.8, 4) is 0 Å². The van der Waals surface area contributed by atoms with Gasteiger partial charge in [0.1, 0.15) is 10.8 Å². The van der Waals surface area contributed by atoms with Crippen molar-refractivity contribution >= 4 is 35.0 Å². The maximum atomic E-state index is 11.9. The molecule has 8 heteroatoms. The van der Waals surface area contributed by atoms with E-state index in [4.69, 9.17) is 11.6 Å². The molecule has 1 amide bonds.